The molecule has 0 radical (unpaired) electrons. The van der Waals surface area contributed by atoms with E-state index in [2.05, 4.69) is 0 Å². The number of hydrogen-bond donors (Lipinski definition) is 1. The number of aliphatic hydroxyl groups is 1. The van der Waals surface area contributed by atoms with Crippen molar-refractivity contribution >= 4 is 7.60 Å². The van der Waals surface area contributed by atoms with Crippen molar-refractivity contribution in [2.45, 2.75) is 39.0 Å². The zero-order valence-corrected chi connectivity index (χ0v) is 16.2. The third-order valence-electron chi connectivity index (χ3n) is 3.79. The van der Waals surface area contributed by atoms with Gasteiger partial charge in [-0.3, -0.25) is 4.57 Å². The van der Waals surface area contributed by atoms with Crippen molar-refractivity contribution in [2.24, 2.45) is 0 Å². The number of ether oxygens (including phenoxy) is 1. The summed E-state index contributed by atoms with van der Waals surface area (Å²) in [6, 6.07) is 17.4. The molecule has 0 saturated heterocycles. The van der Waals surface area contributed by atoms with Crippen LogP contribution >= 0.6 is 7.60 Å². The Morgan fingerprint density at radius 3 is 2.27 bits per heavy atom. The monoisotopic (exact) mass is 378 g/mol. The Labute approximate surface area is 155 Å². The van der Waals surface area contributed by atoms with Crippen LogP contribution in [-0.4, -0.2) is 24.2 Å². The lowest BCUT2D eigenvalue weighted by molar-refractivity contribution is 0.143. The van der Waals surface area contributed by atoms with Crippen LogP contribution in [0.4, 0.5) is 0 Å². The molecule has 0 bridgehead atoms. The van der Waals surface area contributed by atoms with Crippen molar-refractivity contribution in [1.82, 2.24) is 0 Å². The van der Waals surface area contributed by atoms with Crippen LogP contribution in [0.15, 0.2) is 54.6 Å². The highest BCUT2D eigenvalue weighted by atomic mass is 31.2. The van der Waals surface area contributed by atoms with Gasteiger partial charge in [0, 0.05) is 0 Å². The Balaban J connectivity index is 1.89. The van der Waals surface area contributed by atoms with Gasteiger partial charge in [-0.1, -0.05) is 30.3 Å². The minimum absolute atomic E-state index is 0.243. The molecule has 1 atom stereocenters. The summed E-state index contributed by atoms with van der Waals surface area (Å²) in [7, 11) is -3.46. The van der Waals surface area contributed by atoms with Crippen LogP contribution in [0.2, 0.25) is 0 Å². The molecule has 0 saturated carbocycles. The Morgan fingerprint density at radius 2 is 1.62 bits per heavy atom. The SMILES string of the molecule is CCOP(=O)(OCC)C(O)CCCc1cccc(Oc2ccccc2)c1. The second-order valence-electron chi connectivity index (χ2n) is 5.81. The Kier molecular flexibility index (Phi) is 8.33. The quantitative estimate of drug-likeness (QED) is 0.531. The Hall–Kier alpha value is -1.65. The Bertz CT molecular complexity index is 694. The standard InChI is InChI=1S/C20H27O5P/c1-3-23-26(22,24-4-2)20(21)15-9-11-17-10-8-14-19(16-17)25-18-12-6-5-7-13-18/h5-8,10,12-14,16,20-21H,3-4,9,11,15H2,1-2H3. The molecule has 6 heteroatoms. The van der Waals surface area contributed by atoms with Crippen LogP contribution in [0.3, 0.4) is 0 Å². The van der Waals surface area contributed by atoms with Gasteiger partial charge in [0.15, 0.2) is 5.85 Å². The van der Waals surface area contributed by atoms with Gasteiger partial charge in [-0.05, 0) is 62.9 Å². The lowest BCUT2D eigenvalue weighted by Crippen LogP contribution is -2.13. The minimum atomic E-state index is -3.46. The average molecular weight is 378 g/mol. The fraction of sp³-hybridized carbons (Fsp3) is 0.400. The second kappa shape index (κ2) is 10.5. The maximum absolute atomic E-state index is 12.5. The van der Waals surface area contributed by atoms with E-state index >= 15 is 0 Å². The van der Waals surface area contributed by atoms with Gasteiger partial charge in [0.05, 0.1) is 13.2 Å². The predicted molar refractivity (Wildman–Crippen MR) is 103 cm³/mol. The van der Waals surface area contributed by atoms with Crippen LogP contribution in [-0.2, 0) is 20.0 Å². The number of benzene rings is 2. The zero-order valence-electron chi connectivity index (χ0n) is 15.3. The smallest absolute Gasteiger partial charge is 0.358 e. The highest BCUT2D eigenvalue weighted by Gasteiger charge is 2.33. The van der Waals surface area contributed by atoms with Crippen molar-refractivity contribution < 1.29 is 23.5 Å². The van der Waals surface area contributed by atoms with Gasteiger partial charge in [0.2, 0.25) is 0 Å². The summed E-state index contributed by atoms with van der Waals surface area (Å²) in [5.74, 6) is 0.448. The normalized spacial score (nSPS) is 12.7. The molecule has 2 aromatic rings. The number of rotatable bonds is 11. The molecule has 1 N–H and O–H groups in total. The van der Waals surface area contributed by atoms with Gasteiger partial charge in [-0.25, -0.2) is 0 Å². The molecule has 2 aromatic carbocycles. The van der Waals surface area contributed by atoms with Crippen molar-refractivity contribution in [3.8, 4) is 11.5 Å². The molecule has 0 aliphatic rings. The molecule has 0 heterocycles. The molecule has 5 nitrogen and oxygen atoms in total. The highest BCUT2D eigenvalue weighted by molar-refractivity contribution is 7.54. The summed E-state index contributed by atoms with van der Waals surface area (Å²) in [5.41, 5.74) is 1.09. The van der Waals surface area contributed by atoms with E-state index in [9.17, 15) is 9.67 Å². The molecule has 26 heavy (non-hydrogen) atoms. The summed E-state index contributed by atoms with van der Waals surface area (Å²) in [6.45, 7) is 3.95. The van der Waals surface area contributed by atoms with Crippen LogP contribution in [0.25, 0.3) is 0 Å². The molecule has 1 unspecified atom stereocenters. The highest BCUT2D eigenvalue weighted by Crippen LogP contribution is 2.53. The molecule has 0 amide bonds. The second-order valence-corrected chi connectivity index (χ2v) is 8.00. The van der Waals surface area contributed by atoms with Gasteiger partial charge in [0.1, 0.15) is 11.5 Å². The van der Waals surface area contributed by atoms with Gasteiger partial charge in [-0.15, -0.1) is 0 Å². The van der Waals surface area contributed by atoms with Gasteiger partial charge < -0.3 is 18.9 Å². The van der Waals surface area contributed by atoms with E-state index in [1.54, 1.807) is 13.8 Å². The van der Waals surface area contributed by atoms with E-state index in [0.29, 0.717) is 12.8 Å². The fourth-order valence-corrected chi connectivity index (χ4v) is 4.24. The van der Waals surface area contributed by atoms with Crippen LogP contribution < -0.4 is 4.74 Å². The van der Waals surface area contributed by atoms with E-state index in [1.807, 2.05) is 54.6 Å². The zero-order chi connectivity index (χ0) is 18.8. The average Bonchev–Trinajstić information content (AvgIpc) is 2.63. The molecule has 0 fully saturated rings. The van der Waals surface area contributed by atoms with Gasteiger partial charge >= 0.3 is 7.60 Å². The maximum atomic E-state index is 12.5. The first-order valence-electron chi connectivity index (χ1n) is 8.96. The molecule has 0 aromatic heterocycles. The minimum Gasteiger partial charge on any atom is -0.457 e. The van der Waals surface area contributed by atoms with E-state index in [-0.39, 0.29) is 13.2 Å². The number of aliphatic hydroxyl groups excluding tert-OH is 1. The van der Waals surface area contributed by atoms with E-state index in [1.165, 1.54) is 0 Å². The molecule has 2 rings (SSSR count). The van der Waals surface area contributed by atoms with Crippen molar-refractivity contribution in [3.05, 3.63) is 60.2 Å². The summed E-state index contributed by atoms with van der Waals surface area (Å²) < 4.78 is 28.7. The number of para-hydroxylation sites is 1. The Morgan fingerprint density at radius 1 is 0.962 bits per heavy atom. The molecular formula is C20H27O5P. The lowest BCUT2D eigenvalue weighted by Gasteiger charge is -2.22. The first-order valence-corrected chi connectivity index (χ1v) is 10.6. The summed E-state index contributed by atoms with van der Waals surface area (Å²) in [5, 5.41) is 10.2. The van der Waals surface area contributed by atoms with Crippen LogP contribution in [0.1, 0.15) is 32.3 Å². The van der Waals surface area contributed by atoms with Crippen LogP contribution in [0.5, 0.6) is 11.5 Å². The topological polar surface area (TPSA) is 65.0 Å². The maximum Gasteiger partial charge on any atom is 0.358 e. The fourth-order valence-electron chi connectivity index (χ4n) is 2.61. The van der Waals surface area contributed by atoms with Crippen molar-refractivity contribution in [3.63, 3.8) is 0 Å². The van der Waals surface area contributed by atoms with E-state index < -0.39 is 13.4 Å². The van der Waals surface area contributed by atoms with Gasteiger partial charge in [-0.2, -0.15) is 0 Å². The molecular weight excluding hydrogens is 351 g/mol. The predicted octanol–water partition coefficient (Wildman–Crippen LogP) is 5.39. The summed E-state index contributed by atoms with van der Waals surface area (Å²) >= 11 is 0. The molecule has 0 aliphatic carbocycles. The third-order valence-corrected chi connectivity index (χ3v) is 6.01. The molecule has 0 spiro atoms. The number of aryl methyl sites for hydroxylation is 1. The summed E-state index contributed by atoms with van der Waals surface area (Å²) in [4.78, 5) is 0. The van der Waals surface area contributed by atoms with E-state index in [4.69, 9.17) is 13.8 Å². The molecule has 142 valence electrons. The third kappa shape index (κ3) is 6.26. The largest absolute Gasteiger partial charge is 0.457 e. The van der Waals surface area contributed by atoms with E-state index in [0.717, 1.165) is 23.5 Å². The van der Waals surface area contributed by atoms with Crippen molar-refractivity contribution in [1.29, 1.82) is 0 Å². The number of hydrogen-bond acceptors (Lipinski definition) is 5. The van der Waals surface area contributed by atoms with Crippen molar-refractivity contribution in [2.75, 3.05) is 13.2 Å². The van der Waals surface area contributed by atoms with Crippen LogP contribution in [0, 0.1) is 0 Å². The van der Waals surface area contributed by atoms with Gasteiger partial charge in [0.25, 0.3) is 0 Å². The first kappa shape index (κ1) is 20.7. The molecule has 0 aliphatic heterocycles. The first-order chi connectivity index (χ1) is 12.6. The lowest BCUT2D eigenvalue weighted by atomic mass is 10.1. The summed E-state index contributed by atoms with van der Waals surface area (Å²) in [6.07, 6.45) is 1.75.